The summed E-state index contributed by atoms with van der Waals surface area (Å²) in [6.07, 6.45) is 1.59. The Morgan fingerprint density at radius 1 is 0.816 bits per heavy atom. The minimum absolute atomic E-state index is 0.0729. The number of amides is 1. The van der Waals surface area contributed by atoms with Gasteiger partial charge in [-0.15, -0.1) is 10.2 Å². The van der Waals surface area contributed by atoms with Gasteiger partial charge in [0.2, 0.25) is 0 Å². The number of halogens is 3. The molecule has 0 saturated heterocycles. The van der Waals surface area contributed by atoms with Crippen molar-refractivity contribution in [2.75, 3.05) is 5.32 Å². The van der Waals surface area contributed by atoms with E-state index in [1.807, 2.05) is 26.0 Å². The van der Waals surface area contributed by atoms with E-state index in [1.54, 1.807) is 48.8 Å². The summed E-state index contributed by atoms with van der Waals surface area (Å²) in [5.41, 5.74) is 1.52. The van der Waals surface area contributed by atoms with E-state index < -0.39 is 17.8 Å². The van der Waals surface area contributed by atoms with E-state index in [-0.39, 0.29) is 17.3 Å². The van der Waals surface area contributed by atoms with Gasteiger partial charge in [-0.05, 0) is 54.1 Å². The van der Waals surface area contributed by atoms with Crippen LogP contribution in [-0.2, 0) is 6.18 Å². The number of hydrogen-bond donors (Lipinski definition) is 1. The summed E-state index contributed by atoms with van der Waals surface area (Å²) in [5, 5.41) is 14.4. The Morgan fingerprint density at radius 2 is 1.50 bits per heavy atom. The molecule has 0 aliphatic rings. The van der Waals surface area contributed by atoms with Gasteiger partial charge in [0.25, 0.3) is 5.91 Å². The van der Waals surface area contributed by atoms with E-state index in [0.717, 1.165) is 17.2 Å². The van der Waals surface area contributed by atoms with Gasteiger partial charge in [-0.2, -0.15) is 18.3 Å². The van der Waals surface area contributed by atoms with Crippen LogP contribution in [0.15, 0.2) is 91.5 Å². The lowest BCUT2D eigenvalue weighted by molar-refractivity contribution is -0.142. The average molecular weight is 518 g/mol. The molecule has 4 heterocycles. The standard InChI is InChI=1S/C25H16F3N7O.C2H6/c26-25(27,28)21-13-20(19-7-3-11-30-15-19)34-35(21)23-9-8-22(32-33-23)31-24(36)17-5-1-4-16(12-17)18-6-2-10-29-14-18;1-2/h1-15H,(H,31,32,36);1-2H3. The zero-order valence-corrected chi connectivity index (χ0v) is 20.4. The smallest absolute Gasteiger partial charge is 0.305 e. The average Bonchev–Trinajstić information content (AvgIpc) is 3.42. The largest absolute Gasteiger partial charge is 0.433 e. The molecule has 0 atom stereocenters. The number of carbonyl (C=O) groups excluding carboxylic acids is 1. The number of hydrogen-bond acceptors (Lipinski definition) is 6. The van der Waals surface area contributed by atoms with Gasteiger partial charge in [-0.3, -0.25) is 14.8 Å². The third kappa shape index (κ3) is 5.89. The van der Waals surface area contributed by atoms with E-state index in [9.17, 15) is 18.0 Å². The molecular weight excluding hydrogens is 495 g/mol. The van der Waals surface area contributed by atoms with Gasteiger partial charge < -0.3 is 5.32 Å². The van der Waals surface area contributed by atoms with Crippen molar-refractivity contribution in [3.8, 4) is 28.2 Å². The summed E-state index contributed by atoms with van der Waals surface area (Å²) in [5.74, 6) is -0.533. The number of anilines is 1. The molecule has 4 aromatic heterocycles. The highest BCUT2D eigenvalue weighted by atomic mass is 19.4. The minimum atomic E-state index is -4.68. The van der Waals surface area contributed by atoms with E-state index >= 15 is 0 Å². The predicted octanol–water partition coefficient (Wildman–Crippen LogP) is 6.08. The number of benzene rings is 1. The summed E-state index contributed by atoms with van der Waals surface area (Å²) in [7, 11) is 0. The number of alkyl halides is 3. The van der Waals surface area contributed by atoms with E-state index in [2.05, 4.69) is 30.6 Å². The summed E-state index contributed by atoms with van der Waals surface area (Å²) in [6.45, 7) is 4.00. The summed E-state index contributed by atoms with van der Waals surface area (Å²) < 4.78 is 41.7. The first kappa shape index (κ1) is 26.1. The van der Waals surface area contributed by atoms with Crippen LogP contribution in [0.2, 0.25) is 0 Å². The van der Waals surface area contributed by atoms with Crippen LogP contribution in [0.25, 0.3) is 28.2 Å². The molecule has 5 rings (SSSR count). The van der Waals surface area contributed by atoms with Crippen LogP contribution in [0.5, 0.6) is 0 Å². The molecular formula is C27H22F3N7O. The Labute approximate surface area is 216 Å². The van der Waals surface area contributed by atoms with Crippen LogP contribution >= 0.6 is 0 Å². The van der Waals surface area contributed by atoms with E-state index in [1.165, 1.54) is 24.5 Å². The lowest BCUT2D eigenvalue weighted by Crippen LogP contribution is -2.16. The second kappa shape index (κ2) is 11.4. The second-order valence-electron chi connectivity index (χ2n) is 7.62. The summed E-state index contributed by atoms with van der Waals surface area (Å²) in [6, 6.07) is 17.4. The van der Waals surface area contributed by atoms with Crippen LogP contribution < -0.4 is 5.32 Å². The van der Waals surface area contributed by atoms with Crippen molar-refractivity contribution in [3.63, 3.8) is 0 Å². The first-order chi connectivity index (χ1) is 18.4. The second-order valence-corrected chi connectivity index (χ2v) is 7.62. The Hall–Kier alpha value is -4.93. The first-order valence-corrected chi connectivity index (χ1v) is 11.6. The quantitative estimate of drug-likeness (QED) is 0.303. The van der Waals surface area contributed by atoms with Crippen molar-refractivity contribution in [2.45, 2.75) is 20.0 Å². The fraction of sp³-hybridized carbons (Fsp3) is 0.111. The lowest BCUT2D eigenvalue weighted by Gasteiger charge is -2.10. The lowest BCUT2D eigenvalue weighted by atomic mass is 10.0. The fourth-order valence-corrected chi connectivity index (χ4v) is 3.48. The summed E-state index contributed by atoms with van der Waals surface area (Å²) in [4.78, 5) is 20.7. The molecule has 0 aliphatic carbocycles. The molecule has 5 aromatic rings. The van der Waals surface area contributed by atoms with Crippen LogP contribution in [0.3, 0.4) is 0 Å². The maximum absolute atomic E-state index is 13.7. The highest BCUT2D eigenvalue weighted by Crippen LogP contribution is 2.33. The minimum Gasteiger partial charge on any atom is -0.305 e. The Balaban J connectivity index is 0.00000164. The molecule has 0 aliphatic heterocycles. The Morgan fingerprint density at radius 3 is 2.11 bits per heavy atom. The molecule has 0 saturated carbocycles. The monoisotopic (exact) mass is 517 g/mol. The SMILES string of the molecule is CC.O=C(Nc1ccc(-n2nc(-c3cccnc3)cc2C(F)(F)F)nn1)c1cccc(-c2cccnc2)c1. The van der Waals surface area contributed by atoms with Crippen molar-refractivity contribution in [1.29, 1.82) is 0 Å². The molecule has 38 heavy (non-hydrogen) atoms. The maximum Gasteiger partial charge on any atom is 0.433 e. The Kier molecular flexibility index (Phi) is 7.86. The fourth-order valence-electron chi connectivity index (χ4n) is 3.48. The molecule has 192 valence electrons. The van der Waals surface area contributed by atoms with Crippen LogP contribution in [-0.4, -0.2) is 35.9 Å². The van der Waals surface area contributed by atoms with Crippen molar-refractivity contribution in [1.82, 2.24) is 29.9 Å². The number of aromatic nitrogens is 6. The molecule has 0 fully saturated rings. The summed E-state index contributed by atoms with van der Waals surface area (Å²) >= 11 is 0. The number of nitrogens with one attached hydrogen (secondary N) is 1. The third-order valence-corrected chi connectivity index (χ3v) is 5.19. The van der Waals surface area contributed by atoms with Crippen molar-refractivity contribution in [3.05, 3.63) is 103 Å². The Bertz CT molecular complexity index is 1500. The van der Waals surface area contributed by atoms with Gasteiger partial charge in [-0.1, -0.05) is 32.0 Å². The molecule has 8 nitrogen and oxygen atoms in total. The van der Waals surface area contributed by atoms with Gasteiger partial charge in [-0.25, -0.2) is 4.68 Å². The number of carbonyl (C=O) groups is 1. The van der Waals surface area contributed by atoms with Crippen molar-refractivity contribution < 1.29 is 18.0 Å². The normalized spacial score (nSPS) is 10.9. The van der Waals surface area contributed by atoms with Crippen LogP contribution in [0.1, 0.15) is 29.9 Å². The molecule has 1 aromatic carbocycles. The predicted molar refractivity (Wildman–Crippen MR) is 136 cm³/mol. The van der Waals surface area contributed by atoms with E-state index in [4.69, 9.17) is 0 Å². The van der Waals surface area contributed by atoms with Crippen molar-refractivity contribution >= 4 is 11.7 Å². The molecule has 1 N–H and O–H groups in total. The molecule has 0 unspecified atom stereocenters. The number of nitrogens with zero attached hydrogens (tertiary/aromatic N) is 6. The van der Waals surface area contributed by atoms with Gasteiger partial charge >= 0.3 is 6.18 Å². The molecule has 0 radical (unpaired) electrons. The molecule has 1 amide bonds. The van der Waals surface area contributed by atoms with E-state index in [0.29, 0.717) is 15.8 Å². The number of pyridine rings is 2. The zero-order chi connectivity index (χ0) is 27.1. The molecule has 0 bridgehead atoms. The van der Waals surface area contributed by atoms with Gasteiger partial charge in [0.05, 0.1) is 5.69 Å². The van der Waals surface area contributed by atoms with Crippen LogP contribution in [0, 0.1) is 0 Å². The topological polar surface area (TPSA) is 98.5 Å². The maximum atomic E-state index is 13.7. The highest BCUT2D eigenvalue weighted by Gasteiger charge is 2.37. The zero-order valence-electron chi connectivity index (χ0n) is 20.4. The number of rotatable bonds is 5. The van der Waals surface area contributed by atoms with Crippen molar-refractivity contribution in [2.24, 2.45) is 0 Å². The van der Waals surface area contributed by atoms with Gasteiger partial charge in [0.15, 0.2) is 17.3 Å². The van der Waals surface area contributed by atoms with Gasteiger partial charge in [0.1, 0.15) is 0 Å². The van der Waals surface area contributed by atoms with Gasteiger partial charge in [0, 0.05) is 41.5 Å². The third-order valence-electron chi connectivity index (χ3n) is 5.19. The van der Waals surface area contributed by atoms with Crippen LogP contribution in [0.4, 0.5) is 19.0 Å². The first-order valence-electron chi connectivity index (χ1n) is 11.6. The molecule has 11 heteroatoms. The highest BCUT2D eigenvalue weighted by molar-refractivity contribution is 6.04. The molecule has 0 spiro atoms.